The SMILES string of the molecule is COc1ccc(C=CCCO)cc1C=O. The largest absolute Gasteiger partial charge is 0.496 e. The molecule has 0 bridgehead atoms. The highest BCUT2D eigenvalue weighted by Crippen LogP contribution is 2.18. The summed E-state index contributed by atoms with van der Waals surface area (Å²) in [5.74, 6) is 0.573. The number of carbonyl (C=O) groups is 1. The second-order valence-corrected chi connectivity index (χ2v) is 3.03. The Kier molecular flexibility index (Phi) is 4.57. The standard InChI is InChI=1S/C12H14O3/c1-15-12-6-5-10(4-2-3-7-13)8-11(12)9-14/h2,4-6,8-9,13H,3,7H2,1H3. The molecule has 0 atom stereocenters. The molecular formula is C12H14O3. The summed E-state index contributed by atoms with van der Waals surface area (Å²) in [5.41, 5.74) is 1.45. The number of hydrogen-bond acceptors (Lipinski definition) is 3. The maximum absolute atomic E-state index is 10.7. The van der Waals surface area contributed by atoms with E-state index in [1.165, 1.54) is 7.11 Å². The summed E-state index contributed by atoms with van der Waals surface area (Å²) >= 11 is 0. The summed E-state index contributed by atoms with van der Waals surface area (Å²) in [5, 5.41) is 8.60. The second-order valence-electron chi connectivity index (χ2n) is 3.03. The Labute approximate surface area is 89.0 Å². The minimum absolute atomic E-state index is 0.132. The van der Waals surface area contributed by atoms with Gasteiger partial charge < -0.3 is 9.84 Å². The van der Waals surface area contributed by atoms with Gasteiger partial charge in [0.2, 0.25) is 0 Å². The van der Waals surface area contributed by atoms with Gasteiger partial charge in [-0.15, -0.1) is 0 Å². The quantitative estimate of drug-likeness (QED) is 0.748. The van der Waals surface area contributed by atoms with E-state index >= 15 is 0 Å². The van der Waals surface area contributed by atoms with E-state index < -0.39 is 0 Å². The summed E-state index contributed by atoms with van der Waals surface area (Å²) in [6.45, 7) is 0.132. The Morgan fingerprint density at radius 3 is 2.87 bits per heavy atom. The fourth-order valence-electron chi connectivity index (χ4n) is 1.24. The second kappa shape index (κ2) is 5.98. The zero-order chi connectivity index (χ0) is 11.1. The molecule has 0 aliphatic heterocycles. The molecule has 0 spiro atoms. The zero-order valence-electron chi connectivity index (χ0n) is 8.64. The third kappa shape index (κ3) is 3.22. The molecule has 0 aromatic heterocycles. The minimum Gasteiger partial charge on any atom is -0.496 e. The van der Waals surface area contributed by atoms with Gasteiger partial charge in [-0.1, -0.05) is 18.2 Å². The molecule has 1 rings (SSSR count). The highest BCUT2D eigenvalue weighted by molar-refractivity contribution is 5.80. The lowest BCUT2D eigenvalue weighted by Crippen LogP contribution is -1.90. The molecule has 1 N–H and O–H groups in total. The molecule has 0 fully saturated rings. The van der Waals surface area contributed by atoms with Gasteiger partial charge in [-0.3, -0.25) is 4.79 Å². The van der Waals surface area contributed by atoms with E-state index in [4.69, 9.17) is 9.84 Å². The van der Waals surface area contributed by atoms with Crippen molar-refractivity contribution in [3.05, 3.63) is 35.4 Å². The first-order chi connectivity index (χ1) is 7.31. The first-order valence-corrected chi connectivity index (χ1v) is 4.72. The van der Waals surface area contributed by atoms with E-state index in [0.717, 1.165) is 11.8 Å². The van der Waals surface area contributed by atoms with Crippen LogP contribution in [-0.2, 0) is 0 Å². The van der Waals surface area contributed by atoms with Crippen LogP contribution in [0.2, 0.25) is 0 Å². The van der Waals surface area contributed by atoms with E-state index in [1.54, 1.807) is 12.1 Å². The van der Waals surface area contributed by atoms with Crippen molar-refractivity contribution in [3.8, 4) is 5.75 Å². The topological polar surface area (TPSA) is 46.5 Å². The van der Waals surface area contributed by atoms with Crippen LogP contribution in [-0.4, -0.2) is 25.1 Å². The van der Waals surface area contributed by atoms with Gasteiger partial charge in [0.1, 0.15) is 5.75 Å². The van der Waals surface area contributed by atoms with E-state index in [9.17, 15) is 4.79 Å². The molecule has 0 unspecified atom stereocenters. The molecule has 0 amide bonds. The van der Waals surface area contributed by atoms with Crippen molar-refractivity contribution in [2.24, 2.45) is 0 Å². The number of rotatable bonds is 5. The number of aliphatic hydroxyl groups is 1. The predicted molar refractivity (Wildman–Crippen MR) is 59.1 cm³/mol. The number of hydrogen-bond donors (Lipinski definition) is 1. The number of aldehydes is 1. The van der Waals surface area contributed by atoms with Crippen LogP contribution in [0.15, 0.2) is 24.3 Å². The lowest BCUT2D eigenvalue weighted by atomic mass is 10.1. The van der Waals surface area contributed by atoms with Crippen molar-refractivity contribution >= 4 is 12.4 Å². The predicted octanol–water partition coefficient (Wildman–Crippen LogP) is 1.90. The van der Waals surface area contributed by atoms with Gasteiger partial charge in [0, 0.05) is 6.61 Å². The average Bonchev–Trinajstić information content (AvgIpc) is 2.29. The average molecular weight is 206 g/mol. The first-order valence-electron chi connectivity index (χ1n) is 4.72. The number of aliphatic hydroxyl groups excluding tert-OH is 1. The molecule has 0 aliphatic rings. The molecule has 0 aliphatic carbocycles. The molecule has 1 aromatic carbocycles. The van der Waals surface area contributed by atoms with Gasteiger partial charge in [-0.25, -0.2) is 0 Å². The molecule has 3 nitrogen and oxygen atoms in total. The summed E-state index contributed by atoms with van der Waals surface area (Å²) < 4.78 is 5.02. The lowest BCUT2D eigenvalue weighted by Gasteiger charge is -2.03. The molecule has 0 radical (unpaired) electrons. The number of benzene rings is 1. The van der Waals surface area contributed by atoms with E-state index in [0.29, 0.717) is 17.7 Å². The fourth-order valence-corrected chi connectivity index (χ4v) is 1.24. The lowest BCUT2D eigenvalue weighted by molar-refractivity contribution is 0.112. The fraction of sp³-hybridized carbons (Fsp3) is 0.250. The van der Waals surface area contributed by atoms with Crippen LogP contribution in [0, 0.1) is 0 Å². The number of methoxy groups -OCH3 is 1. The Bertz CT molecular complexity index is 356. The Morgan fingerprint density at radius 2 is 2.27 bits per heavy atom. The van der Waals surface area contributed by atoms with Gasteiger partial charge in [0.05, 0.1) is 12.7 Å². The summed E-state index contributed by atoms with van der Waals surface area (Å²) in [6, 6.07) is 5.36. The van der Waals surface area contributed by atoms with Crippen molar-refractivity contribution in [2.45, 2.75) is 6.42 Å². The van der Waals surface area contributed by atoms with Crippen LogP contribution >= 0.6 is 0 Å². The maximum atomic E-state index is 10.7. The summed E-state index contributed by atoms with van der Waals surface area (Å²) in [4.78, 5) is 10.7. The summed E-state index contributed by atoms with van der Waals surface area (Å²) in [7, 11) is 1.53. The van der Waals surface area contributed by atoms with E-state index in [1.807, 2.05) is 18.2 Å². The number of ether oxygens (including phenoxy) is 1. The van der Waals surface area contributed by atoms with Crippen LogP contribution in [0.4, 0.5) is 0 Å². The van der Waals surface area contributed by atoms with Gasteiger partial charge in [0.15, 0.2) is 6.29 Å². The first kappa shape index (κ1) is 11.5. The Morgan fingerprint density at radius 1 is 1.47 bits per heavy atom. The van der Waals surface area contributed by atoms with Gasteiger partial charge in [0.25, 0.3) is 0 Å². The number of carbonyl (C=O) groups excluding carboxylic acids is 1. The van der Waals surface area contributed by atoms with Crippen LogP contribution < -0.4 is 4.74 Å². The molecule has 0 saturated carbocycles. The third-order valence-electron chi connectivity index (χ3n) is 1.99. The van der Waals surface area contributed by atoms with E-state index in [-0.39, 0.29) is 6.61 Å². The van der Waals surface area contributed by atoms with Crippen LogP contribution in [0.1, 0.15) is 22.3 Å². The maximum Gasteiger partial charge on any atom is 0.153 e. The Hall–Kier alpha value is -1.61. The normalized spacial score (nSPS) is 10.5. The molecule has 1 aromatic rings. The van der Waals surface area contributed by atoms with Gasteiger partial charge >= 0.3 is 0 Å². The van der Waals surface area contributed by atoms with Crippen LogP contribution in [0.3, 0.4) is 0 Å². The van der Waals surface area contributed by atoms with Crippen LogP contribution in [0.25, 0.3) is 6.08 Å². The third-order valence-corrected chi connectivity index (χ3v) is 1.99. The van der Waals surface area contributed by atoms with E-state index in [2.05, 4.69) is 0 Å². The highest BCUT2D eigenvalue weighted by atomic mass is 16.5. The Balaban J connectivity index is 2.88. The molecule has 15 heavy (non-hydrogen) atoms. The highest BCUT2D eigenvalue weighted by Gasteiger charge is 2.00. The molecule has 3 heteroatoms. The molecular weight excluding hydrogens is 192 g/mol. The van der Waals surface area contributed by atoms with Crippen molar-refractivity contribution in [1.82, 2.24) is 0 Å². The van der Waals surface area contributed by atoms with Gasteiger partial charge in [-0.2, -0.15) is 0 Å². The molecule has 0 saturated heterocycles. The van der Waals surface area contributed by atoms with Crippen LogP contribution in [0.5, 0.6) is 5.75 Å². The van der Waals surface area contributed by atoms with Gasteiger partial charge in [-0.05, 0) is 24.1 Å². The van der Waals surface area contributed by atoms with Crippen molar-refractivity contribution < 1.29 is 14.6 Å². The minimum atomic E-state index is 0.132. The zero-order valence-corrected chi connectivity index (χ0v) is 8.64. The van der Waals surface area contributed by atoms with Crippen molar-refractivity contribution in [2.75, 3.05) is 13.7 Å². The van der Waals surface area contributed by atoms with Crippen molar-refractivity contribution in [3.63, 3.8) is 0 Å². The summed E-state index contributed by atoms with van der Waals surface area (Å²) in [6.07, 6.45) is 5.10. The smallest absolute Gasteiger partial charge is 0.153 e. The molecule has 80 valence electrons. The molecule has 0 heterocycles. The van der Waals surface area contributed by atoms with Crippen molar-refractivity contribution in [1.29, 1.82) is 0 Å². The monoisotopic (exact) mass is 206 g/mol.